The Bertz CT molecular complexity index is 697. The molecule has 0 saturated heterocycles. The highest BCUT2D eigenvalue weighted by molar-refractivity contribution is 14.1. The van der Waals surface area contributed by atoms with Crippen LogP contribution in [0.4, 0.5) is 0 Å². The van der Waals surface area contributed by atoms with Crippen molar-refractivity contribution in [3.05, 3.63) is 60.7 Å². The molecule has 6 heteroatoms. The van der Waals surface area contributed by atoms with Gasteiger partial charge in [-0.3, -0.25) is 0 Å². The Kier molecular flexibility index (Phi) is 11.2. The molecule has 0 bridgehead atoms. The van der Waals surface area contributed by atoms with E-state index in [9.17, 15) is 0 Å². The highest BCUT2D eigenvalue weighted by Gasteiger charge is 2.50. The van der Waals surface area contributed by atoms with Gasteiger partial charge in [0.05, 0.1) is 19.3 Å². The van der Waals surface area contributed by atoms with Gasteiger partial charge in [-0.15, -0.1) is 0 Å². The molecule has 0 aliphatic heterocycles. The maximum Gasteiger partial charge on any atom is 0.261 e. The summed E-state index contributed by atoms with van der Waals surface area (Å²) >= 11 is 2.38. The van der Waals surface area contributed by atoms with Gasteiger partial charge < -0.3 is 18.6 Å². The minimum Gasteiger partial charge on any atom is -0.407 e. The highest BCUT2D eigenvalue weighted by Crippen LogP contribution is 2.37. The van der Waals surface area contributed by atoms with Crippen LogP contribution in [-0.4, -0.2) is 52.6 Å². The lowest BCUT2D eigenvalue weighted by Gasteiger charge is -2.44. The van der Waals surface area contributed by atoms with Crippen molar-refractivity contribution in [2.24, 2.45) is 5.92 Å². The van der Waals surface area contributed by atoms with E-state index in [1.165, 1.54) is 10.4 Å². The first-order valence-electron chi connectivity index (χ1n) is 10.9. The molecule has 0 N–H and O–H groups in total. The second kappa shape index (κ2) is 13.1. The third-order valence-electron chi connectivity index (χ3n) is 5.56. The lowest BCUT2D eigenvalue weighted by molar-refractivity contribution is -0.106. The van der Waals surface area contributed by atoms with Crippen molar-refractivity contribution >= 4 is 41.3 Å². The normalized spacial score (nSPS) is 14.4. The van der Waals surface area contributed by atoms with Gasteiger partial charge in [0.2, 0.25) is 0 Å². The van der Waals surface area contributed by atoms with Crippen molar-refractivity contribution in [1.29, 1.82) is 0 Å². The zero-order valence-corrected chi connectivity index (χ0v) is 22.6. The Balaban J connectivity index is 2.24. The smallest absolute Gasteiger partial charge is 0.261 e. The zero-order chi connectivity index (χ0) is 22.7. The summed E-state index contributed by atoms with van der Waals surface area (Å²) in [4.78, 5) is 0. The molecule has 172 valence electrons. The van der Waals surface area contributed by atoms with E-state index < -0.39 is 8.32 Å². The summed E-state index contributed by atoms with van der Waals surface area (Å²) in [7, 11) is -0.857. The third-order valence-corrected chi connectivity index (χ3v) is 11.4. The van der Waals surface area contributed by atoms with Gasteiger partial charge in [-0.05, 0) is 15.4 Å². The van der Waals surface area contributed by atoms with E-state index >= 15 is 0 Å². The largest absolute Gasteiger partial charge is 0.407 e. The fourth-order valence-electron chi connectivity index (χ4n) is 3.82. The lowest BCUT2D eigenvalue weighted by Crippen LogP contribution is -2.67. The number of alkyl halides is 1. The molecule has 2 aromatic rings. The molecule has 2 rings (SSSR count). The Morgan fingerprint density at radius 3 is 1.90 bits per heavy atom. The molecular formula is C25H37IO4Si. The second-order valence-corrected chi connectivity index (χ2v) is 14.0. The van der Waals surface area contributed by atoms with Gasteiger partial charge in [0.25, 0.3) is 8.32 Å². The fraction of sp³-hybridized carbons (Fsp3) is 0.520. The van der Waals surface area contributed by atoms with E-state index in [0.717, 1.165) is 4.43 Å². The van der Waals surface area contributed by atoms with Crippen molar-refractivity contribution < 1.29 is 18.6 Å². The van der Waals surface area contributed by atoms with Crippen molar-refractivity contribution in [2.75, 3.05) is 38.2 Å². The van der Waals surface area contributed by atoms with Crippen LogP contribution in [0.15, 0.2) is 60.7 Å². The predicted octanol–water partition coefficient (Wildman–Crippen LogP) is 4.64. The lowest BCUT2D eigenvalue weighted by atomic mass is 10.1. The molecule has 2 atom stereocenters. The van der Waals surface area contributed by atoms with Gasteiger partial charge in [0.1, 0.15) is 6.79 Å². The Labute approximate surface area is 202 Å². The van der Waals surface area contributed by atoms with Gasteiger partial charge in [0, 0.05) is 24.1 Å². The van der Waals surface area contributed by atoms with E-state index in [1.807, 2.05) is 0 Å². The van der Waals surface area contributed by atoms with Crippen LogP contribution in [0, 0.1) is 5.92 Å². The molecule has 0 aliphatic rings. The number of methoxy groups -OCH3 is 1. The number of halogens is 1. The first-order chi connectivity index (χ1) is 14.9. The summed E-state index contributed by atoms with van der Waals surface area (Å²) in [5, 5.41) is 2.57. The second-order valence-electron chi connectivity index (χ2n) is 8.83. The number of hydrogen-bond acceptors (Lipinski definition) is 4. The Hall–Kier alpha value is -0.773. The van der Waals surface area contributed by atoms with Crippen LogP contribution in [-0.2, 0) is 18.6 Å². The molecule has 0 saturated carbocycles. The molecule has 31 heavy (non-hydrogen) atoms. The van der Waals surface area contributed by atoms with Gasteiger partial charge in [-0.25, -0.2) is 0 Å². The van der Waals surface area contributed by atoms with Crippen LogP contribution < -0.4 is 10.4 Å². The maximum absolute atomic E-state index is 7.05. The predicted molar refractivity (Wildman–Crippen MR) is 139 cm³/mol. The molecule has 0 aliphatic carbocycles. The molecule has 2 aromatic carbocycles. The van der Waals surface area contributed by atoms with Crippen LogP contribution in [0.1, 0.15) is 27.7 Å². The molecule has 0 heterocycles. The SMILES string of the molecule is COCCOCO[C@@H](CI)[C@H](C)CO[Si](c1ccccc1)(c1ccccc1)C(C)(C)C. The molecule has 0 aromatic heterocycles. The highest BCUT2D eigenvalue weighted by atomic mass is 127. The Morgan fingerprint density at radius 2 is 1.45 bits per heavy atom. The van der Waals surface area contributed by atoms with E-state index in [-0.39, 0.29) is 23.9 Å². The molecule has 0 radical (unpaired) electrons. The topological polar surface area (TPSA) is 36.9 Å². The van der Waals surface area contributed by atoms with Crippen LogP contribution >= 0.6 is 22.6 Å². The van der Waals surface area contributed by atoms with Gasteiger partial charge in [-0.2, -0.15) is 0 Å². The summed E-state index contributed by atoms with van der Waals surface area (Å²) in [6.07, 6.45) is 0.0707. The van der Waals surface area contributed by atoms with Crippen molar-refractivity contribution in [1.82, 2.24) is 0 Å². The maximum atomic E-state index is 7.05. The molecular weight excluding hydrogens is 519 g/mol. The average molecular weight is 557 g/mol. The number of ether oxygens (including phenoxy) is 3. The van der Waals surface area contributed by atoms with E-state index in [1.54, 1.807) is 7.11 Å². The number of rotatable bonds is 13. The van der Waals surface area contributed by atoms with E-state index in [4.69, 9.17) is 18.6 Å². The van der Waals surface area contributed by atoms with Gasteiger partial charge in [0.15, 0.2) is 0 Å². The van der Waals surface area contributed by atoms with Crippen LogP contribution in [0.25, 0.3) is 0 Å². The first kappa shape index (κ1) is 26.5. The molecule has 0 spiro atoms. The third kappa shape index (κ3) is 7.10. The van der Waals surface area contributed by atoms with E-state index in [0.29, 0.717) is 19.8 Å². The first-order valence-corrected chi connectivity index (χ1v) is 14.3. The minimum atomic E-state index is -2.53. The summed E-state index contributed by atoms with van der Waals surface area (Å²) in [5.41, 5.74) is 0. The average Bonchev–Trinajstić information content (AvgIpc) is 2.77. The van der Waals surface area contributed by atoms with Crippen molar-refractivity contribution in [2.45, 2.75) is 38.8 Å². The van der Waals surface area contributed by atoms with Gasteiger partial charge >= 0.3 is 0 Å². The fourth-order valence-corrected chi connectivity index (χ4v) is 9.61. The van der Waals surface area contributed by atoms with Crippen molar-refractivity contribution in [3.63, 3.8) is 0 Å². The number of benzene rings is 2. The standard InChI is InChI=1S/C25H37IO4Si/c1-21(24(18-26)29-20-28-17-16-27-5)19-30-31(25(2,3)4,22-12-8-6-9-13-22)23-14-10-7-11-15-23/h6-15,21,24H,16-20H2,1-5H3/t21-,24+/m1/s1. The van der Waals surface area contributed by atoms with Gasteiger partial charge in [-0.1, -0.05) is 111 Å². The summed E-state index contributed by atoms with van der Waals surface area (Å²) in [5.74, 6) is 0.240. The molecule has 0 fully saturated rings. The van der Waals surface area contributed by atoms with E-state index in [2.05, 4.69) is 111 Å². The number of hydrogen-bond donors (Lipinski definition) is 0. The Morgan fingerprint density at radius 1 is 0.903 bits per heavy atom. The van der Waals surface area contributed by atoms with Crippen LogP contribution in [0.5, 0.6) is 0 Å². The molecule has 4 nitrogen and oxygen atoms in total. The summed E-state index contributed by atoms with van der Waals surface area (Å²) in [6.45, 7) is 11.2. The monoisotopic (exact) mass is 556 g/mol. The zero-order valence-electron chi connectivity index (χ0n) is 19.5. The molecule has 0 unspecified atom stereocenters. The quantitative estimate of drug-likeness (QED) is 0.119. The minimum absolute atomic E-state index is 0.0284. The summed E-state index contributed by atoms with van der Waals surface area (Å²) in [6, 6.07) is 21.5. The van der Waals surface area contributed by atoms with Crippen LogP contribution in [0.3, 0.4) is 0 Å². The summed E-state index contributed by atoms with van der Waals surface area (Å²) < 4.78 is 24.5. The molecule has 0 amide bonds. The van der Waals surface area contributed by atoms with Crippen molar-refractivity contribution in [3.8, 4) is 0 Å². The van der Waals surface area contributed by atoms with Crippen LogP contribution in [0.2, 0.25) is 5.04 Å².